The minimum Gasteiger partial charge on any atom is -0.455 e. The van der Waals surface area contributed by atoms with E-state index in [1.807, 2.05) is 12.1 Å². The van der Waals surface area contributed by atoms with Crippen molar-refractivity contribution in [1.82, 2.24) is 14.5 Å². The third kappa shape index (κ3) is 4.25. The smallest absolute Gasteiger partial charge is 0.235 e. The van der Waals surface area contributed by atoms with Crippen LogP contribution in [0.15, 0.2) is 180 Å². The van der Waals surface area contributed by atoms with E-state index in [1.165, 1.54) is 21.9 Å². The highest BCUT2D eigenvalue weighted by Crippen LogP contribution is 2.41. The number of para-hydroxylation sites is 2. The van der Waals surface area contributed by atoms with Gasteiger partial charge in [0.1, 0.15) is 11.2 Å². The molecule has 3 aromatic heterocycles. The zero-order chi connectivity index (χ0) is 35.3. The van der Waals surface area contributed by atoms with E-state index in [0.717, 1.165) is 87.4 Å². The van der Waals surface area contributed by atoms with E-state index in [0.29, 0.717) is 5.95 Å². The van der Waals surface area contributed by atoms with Gasteiger partial charge in [-0.25, -0.2) is 9.97 Å². The van der Waals surface area contributed by atoms with Gasteiger partial charge in [-0.15, -0.1) is 0 Å². The molecule has 0 amide bonds. The van der Waals surface area contributed by atoms with Crippen molar-refractivity contribution in [2.75, 3.05) is 0 Å². The summed E-state index contributed by atoms with van der Waals surface area (Å²) in [5, 5.41) is 12.4. The molecule has 0 bridgehead atoms. The highest BCUT2D eigenvalue weighted by atomic mass is 16.3. The van der Waals surface area contributed by atoms with Crippen LogP contribution in [0.3, 0.4) is 0 Å². The summed E-state index contributed by atoms with van der Waals surface area (Å²) in [5.74, 6) is 0.634. The molecule has 0 unspecified atom stereocenters. The van der Waals surface area contributed by atoms with E-state index in [9.17, 15) is 0 Å². The van der Waals surface area contributed by atoms with Gasteiger partial charge in [0.2, 0.25) is 5.95 Å². The van der Waals surface area contributed by atoms with Crippen LogP contribution < -0.4 is 0 Å². The van der Waals surface area contributed by atoms with Crippen LogP contribution in [-0.2, 0) is 0 Å². The Morgan fingerprint density at radius 1 is 0.389 bits per heavy atom. The molecule has 12 rings (SSSR count). The first-order valence-electron chi connectivity index (χ1n) is 18.3. The normalized spacial score (nSPS) is 12.1. The maximum atomic E-state index is 6.54. The van der Waals surface area contributed by atoms with Crippen LogP contribution in [0, 0.1) is 0 Å². The molecule has 0 aliphatic heterocycles. The van der Waals surface area contributed by atoms with Crippen LogP contribution in [-0.4, -0.2) is 14.5 Å². The Labute approximate surface area is 309 Å². The van der Waals surface area contributed by atoms with Crippen molar-refractivity contribution in [2.24, 2.45) is 0 Å². The van der Waals surface area contributed by atoms with Gasteiger partial charge in [0, 0.05) is 37.9 Å². The lowest BCUT2D eigenvalue weighted by Crippen LogP contribution is -2.04. The van der Waals surface area contributed by atoms with Crippen LogP contribution in [0.4, 0.5) is 0 Å². The van der Waals surface area contributed by atoms with Gasteiger partial charge < -0.3 is 4.42 Å². The fourth-order valence-electron chi connectivity index (χ4n) is 8.59. The van der Waals surface area contributed by atoms with Crippen molar-refractivity contribution >= 4 is 87.0 Å². The van der Waals surface area contributed by atoms with E-state index in [4.69, 9.17) is 14.4 Å². The molecule has 0 atom stereocenters. The number of furan rings is 1. The summed E-state index contributed by atoms with van der Waals surface area (Å²) in [6.45, 7) is 0. The topological polar surface area (TPSA) is 43.9 Å². The molecule has 4 heteroatoms. The van der Waals surface area contributed by atoms with Gasteiger partial charge in [-0.3, -0.25) is 4.57 Å². The zero-order valence-corrected chi connectivity index (χ0v) is 29.0. The van der Waals surface area contributed by atoms with E-state index >= 15 is 0 Å². The van der Waals surface area contributed by atoms with Gasteiger partial charge in [-0.2, -0.15) is 0 Å². The molecule has 0 fully saturated rings. The maximum absolute atomic E-state index is 6.54. The minimum atomic E-state index is 0.634. The molecule has 54 heavy (non-hydrogen) atoms. The minimum absolute atomic E-state index is 0.634. The Morgan fingerprint density at radius 3 is 1.98 bits per heavy atom. The van der Waals surface area contributed by atoms with E-state index in [1.54, 1.807) is 0 Å². The van der Waals surface area contributed by atoms with E-state index in [-0.39, 0.29) is 0 Å². The number of rotatable bonds is 3. The summed E-state index contributed by atoms with van der Waals surface area (Å²) >= 11 is 0. The molecule has 0 saturated carbocycles. The largest absolute Gasteiger partial charge is 0.455 e. The number of aromatic nitrogens is 3. The Bertz CT molecular complexity index is 3500. The molecule has 12 aromatic rings. The Balaban J connectivity index is 1.15. The van der Waals surface area contributed by atoms with Crippen LogP contribution in [0.2, 0.25) is 0 Å². The molecule has 3 heterocycles. The summed E-state index contributed by atoms with van der Waals surface area (Å²) in [6.07, 6.45) is 0. The standard InChI is InChI=1S/C50H29N3O/c1-2-10-30(11-3-1)32-18-19-34-27-36(21-20-33(34)26-32)48-47-37-13-5-4-12-31(37)23-25-43(47)51-50(52-48)53-44-16-8-6-14-38(44)42-28-35-22-24-40-39-15-7-9-17-46(39)54-49(40)41(35)29-45(42)53/h1-29H. The summed E-state index contributed by atoms with van der Waals surface area (Å²) in [5.41, 5.74) is 9.16. The monoisotopic (exact) mass is 687 g/mol. The lowest BCUT2D eigenvalue weighted by molar-refractivity contribution is 0.672. The van der Waals surface area contributed by atoms with Crippen molar-refractivity contribution in [3.8, 4) is 28.3 Å². The number of nitrogens with zero attached hydrogens (tertiary/aromatic N) is 3. The third-order valence-corrected chi connectivity index (χ3v) is 11.1. The van der Waals surface area contributed by atoms with Gasteiger partial charge in [0.15, 0.2) is 0 Å². The maximum Gasteiger partial charge on any atom is 0.235 e. The van der Waals surface area contributed by atoms with Crippen molar-refractivity contribution in [3.05, 3.63) is 176 Å². The molecule has 9 aromatic carbocycles. The van der Waals surface area contributed by atoms with Crippen molar-refractivity contribution in [2.45, 2.75) is 0 Å². The van der Waals surface area contributed by atoms with Crippen LogP contribution >= 0.6 is 0 Å². The summed E-state index contributed by atoms with van der Waals surface area (Å²) in [7, 11) is 0. The Morgan fingerprint density at radius 2 is 1.09 bits per heavy atom. The second-order valence-electron chi connectivity index (χ2n) is 14.2. The molecule has 250 valence electrons. The molecular weight excluding hydrogens is 659 g/mol. The van der Waals surface area contributed by atoms with Gasteiger partial charge in [0.25, 0.3) is 0 Å². The average Bonchev–Trinajstić information content (AvgIpc) is 3.78. The molecular formula is C50H29N3O. The predicted octanol–water partition coefficient (Wildman–Crippen LogP) is 13.4. The Kier molecular flexibility index (Phi) is 6.02. The summed E-state index contributed by atoms with van der Waals surface area (Å²) in [4.78, 5) is 10.9. The summed E-state index contributed by atoms with van der Waals surface area (Å²) in [6, 6.07) is 62.6. The quantitative estimate of drug-likeness (QED) is 0.174. The molecule has 0 radical (unpaired) electrons. The van der Waals surface area contributed by atoms with Gasteiger partial charge in [0.05, 0.1) is 22.2 Å². The number of hydrogen-bond acceptors (Lipinski definition) is 3. The lowest BCUT2D eigenvalue weighted by Gasteiger charge is -2.14. The molecule has 0 spiro atoms. The highest BCUT2D eigenvalue weighted by molar-refractivity contribution is 6.21. The zero-order valence-electron chi connectivity index (χ0n) is 29.0. The molecule has 4 nitrogen and oxygen atoms in total. The highest BCUT2D eigenvalue weighted by Gasteiger charge is 2.20. The van der Waals surface area contributed by atoms with Gasteiger partial charge in [-0.05, 0) is 86.6 Å². The summed E-state index contributed by atoms with van der Waals surface area (Å²) < 4.78 is 8.77. The third-order valence-electron chi connectivity index (χ3n) is 11.1. The first-order chi connectivity index (χ1) is 26.7. The van der Waals surface area contributed by atoms with E-state index < -0.39 is 0 Å². The Hall–Kier alpha value is -7.30. The number of fused-ring (bicyclic) bond motifs is 12. The van der Waals surface area contributed by atoms with E-state index in [2.05, 4.69) is 168 Å². The van der Waals surface area contributed by atoms with Crippen LogP contribution in [0.5, 0.6) is 0 Å². The molecule has 0 aliphatic carbocycles. The van der Waals surface area contributed by atoms with Gasteiger partial charge in [-0.1, -0.05) is 127 Å². The van der Waals surface area contributed by atoms with Crippen molar-refractivity contribution in [3.63, 3.8) is 0 Å². The molecule has 0 aliphatic rings. The first kappa shape index (κ1) is 29.3. The lowest BCUT2D eigenvalue weighted by atomic mass is 9.96. The fourth-order valence-corrected chi connectivity index (χ4v) is 8.59. The second kappa shape index (κ2) is 11.1. The van der Waals surface area contributed by atoms with Crippen molar-refractivity contribution in [1.29, 1.82) is 0 Å². The SMILES string of the molecule is c1ccc(-c2ccc3cc(-c4nc(-n5c6ccccc6c6cc7ccc8c9ccccc9oc8c7cc65)nc5ccc6ccccc6c45)ccc3c2)cc1. The average molecular weight is 688 g/mol. The predicted molar refractivity (Wildman–Crippen MR) is 225 cm³/mol. The van der Waals surface area contributed by atoms with Crippen LogP contribution in [0.25, 0.3) is 115 Å². The fraction of sp³-hybridized carbons (Fsp3) is 0. The number of benzene rings is 9. The van der Waals surface area contributed by atoms with Crippen LogP contribution in [0.1, 0.15) is 0 Å². The second-order valence-corrected chi connectivity index (χ2v) is 14.2. The molecule has 0 N–H and O–H groups in total. The molecule has 0 saturated heterocycles. The first-order valence-corrected chi connectivity index (χ1v) is 18.3. The van der Waals surface area contributed by atoms with Gasteiger partial charge >= 0.3 is 0 Å². The van der Waals surface area contributed by atoms with Crippen molar-refractivity contribution < 1.29 is 4.42 Å². The number of hydrogen-bond donors (Lipinski definition) is 0.